The zero-order valence-corrected chi connectivity index (χ0v) is 17.6. The lowest BCUT2D eigenvalue weighted by molar-refractivity contribution is -0.122. The van der Waals surface area contributed by atoms with E-state index in [4.69, 9.17) is 0 Å². The maximum atomic E-state index is 13.1. The molecule has 2 heterocycles. The summed E-state index contributed by atoms with van der Waals surface area (Å²) in [6.07, 6.45) is 2.40. The van der Waals surface area contributed by atoms with Gasteiger partial charge in [-0.1, -0.05) is 30.3 Å². The first-order valence-electron chi connectivity index (χ1n) is 10.3. The number of rotatable bonds is 5. The zero-order chi connectivity index (χ0) is 21.0. The second-order valence-electron chi connectivity index (χ2n) is 7.83. The summed E-state index contributed by atoms with van der Waals surface area (Å²) in [5.41, 5.74) is 1.72. The molecule has 2 fully saturated rings. The number of carbonyl (C=O) groups is 2. The van der Waals surface area contributed by atoms with Crippen LogP contribution in [0.5, 0.6) is 0 Å². The van der Waals surface area contributed by atoms with Crippen molar-refractivity contribution in [1.82, 2.24) is 15.5 Å². The van der Waals surface area contributed by atoms with E-state index >= 15 is 0 Å². The molecule has 30 heavy (non-hydrogen) atoms. The topological polar surface area (TPSA) is 61.4 Å². The molecule has 2 aliphatic rings. The number of carbonyl (C=O) groups excluding carboxylic acids is 2. The fourth-order valence-electron chi connectivity index (χ4n) is 4.02. The standard InChI is InChI=1S/C23H26FN3O2S/c24-19-8-6-18(7-9-19)22(29)27-14-11-23(12-15-27)26-20(16-30-23)21(28)25-13-10-17-4-2-1-3-5-17/h1-9,20,26H,10-16H2,(H,25,28). The summed E-state index contributed by atoms with van der Waals surface area (Å²) >= 11 is 1.78. The summed E-state index contributed by atoms with van der Waals surface area (Å²) < 4.78 is 13.1. The number of halogens is 1. The van der Waals surface area contributed by atoms with E-state index in [0.29, 0.717) is 25.2 Å². The molecule has 1 spiro atoms. The molecule has 2 aromatic rings. The highest BCUT2D eigenvalue weighted by molar-refractivity contribution is 8.01. The number of hydrogen-bond acceptors (Lipinski definition) is 4. The van der Waals surface area contributed by atoms with Crippen LogP contribution in [0.2, 0.25) is 0 Å². The molecule has 7 heteroatoms. The van der Waals surface area contributed by atoms with Crippen molar-refractivity contribution < 1.29 is 14.0 Å². The lowest BCUT2D eigenvalue weighted by Gasteiger charge is -2.39. The summed E-state index contributed by atoms with van der Waals surface area (Å²) in [5.74, 6) is 0.371. The Morgan fingerprint density at radius 3 is 2.50 bits per heavy atom. The van der Waals surface area contributed by atoms with Gasteiger partial charge in [0.05, 0.1) is 10.9 Å². The number of piperidine rings is 1. The molecule has 2 aromatic carbocycles. The predicted molar refractivity (Wildman–Crippen MR) is 117 cm³/mol. The van der Waals surface area contributed by atoms with Gasteiger partial charge in [-0.05, 0) is 49.1 Å². The molecule has 0 aromatic heterocycles. The van der Waals surface area contributed by atoms with Gasteiger partial charge in [0.2, 0.25) is 5.91 Å². The highest BCUT2D eigenvalue weighted by Gasteiger charge is 2.44. The normalized spacial score (nSPS) is 20.3. The number of nitrogens with zero attached hydrogens (tertiary/aromatic N) is 1. The molecule has 1 unspecified atom stereocenters. The van der Waals surface area contributed by atoms with E-state index in [1.165, 1.54) is 29.8 Å². The van der Waals surface area contributed by atoms with Gasteiger partial charge in [-0.25, -0.2) is 4.39 Å². The molecule has 1 atom stereocenters. The second kappa shape index (κ2) is 9.18. The van der Waals surface area contributed by atoms with Gasteiger partial charge in [0.15, 0.2) is 0 Å². The Balaban J connectivity index is 1.24. The molecule has 0 radical (unpaired) electrons. The van der Waals surface area contributed by atoms with Crippen LogP contribution >= 0.6 is 11.8 Å². The van der Waals surface area contributed by atoms with Crippen molar-refractivity contribution in [2.75, 3.05) is 25.4 Å². The van der Waals surface area contributed by atoms with Crippen LogP contribution in [0.25, 0.3) is 0 Å². The molecule has 2 amide bonds. The molecule has 0 aliphatic carbocycles. The third-order valence-electron chi connectivity index (χ3n) is 5.79. The Morgan fingerprint density at radius 2 is 1.80 bits per heavy atom. The summed E-state index contributed by atoms with van der Waals surface area (Å²) in [6, 6.07) is 15.6. The van der Waals surface area contributed by atoms with Crippen molar-refractivity contribution in [3.05, 3.63) is 71.5 Å². The van der Waals surface area contributed by atoms with Crippen LogP contribution in [0.4, 0.5) is 4.39 Å². The van der Waals surface area contributed by atoms with Crippen molar-refractivity contribution in [3.63, 3.8) is 0 Å². The summed E-state index contributed by atoms with van der Waals surface area (Å²) in [5, 5.41) is 6.56. The van der Waals surface area contributed by atoms with Gasteiger partial charge in [-0.15, -0.1) is 11.8 Å². The Bertz CT molecular complexity index is 883. The Hall–Kier alpha value is -2.38. The maximum absolute atomic E-state index is 13.1. The zero-order valence-electron chi connectivity index (χ0n) is 16.8. The van der Waals surface area contributed by atoms with Crippen molar-refractivity contribution >= 4 is 23.6 Å². The Labute approximate surface area is 180 Å². The molecule has 5 nitrogen and oxygen atoms in total. The quantitative estimate of drug-likeness (QED) is 0.770. The minimum absolute atomic E-state index is 0.0418. The number of nitrogens with one attached hydrogen (secondary N) is 2. The number of amides is 2. The minimum Gasteiger partial charge on any atom is -0.354 e. The minimum atomic E-state index is -0.344. The molecule has 0 saturated carbocycles. The smallest absolute Gasteiger partial charge is 0.253 e. The second-order valence-corrected chi connectivity index (χ2v) is 9.23. The first kappa shape index (κ1) is 20.9. The van der Waals surface area contributed by atoms with Crippen LogP contribution in [0.3, 0.4) is 0 Å². The van der Waals surface area contributed by atoms with E-state index in [1.54, 1.807) is 11.8 Å². The first-order chi connectivity index (χ1) is 14.5. The van der Waals surface area contributed by atoms with Crippen LogP contribution in [-0.4, -0.2) is 53.0 Å². The van der Waals surface area contributed by atoms with E-state index in [-0.39, 0.29) is 28.5 Å². The van der Waals surface area contributed by atoms with Crippen LogP contribution in [0.15, 0.2) is 54.6 Å². The number of thioether (sulfide) groups is 1. The summed E-state index contributed by atoms with van der Waals surface area (Å²) in [7, 11) is 0. The van der Waals surface area contributed by atoms with Crippen LogP contribution < -0.4 is 10.6 Å². The van der Waals surface area contributed by atoms with Gasteiger partial charge in [0.25, 0.3) is 5.91 Å². The third kappa shape index (κ3) is 4.84. The van der Waals surface area contributed by atoms with E-state index in [1.807, 2.05) is 23.1 Å². The van der Waals surface area contributed by atoms with E-state index in [9.17, 15) is 14.0 Å². The molecular weight excluding hydrogens is 401 g/mol. The van der Waals surface area contributed by atoms with E-state index < -0.39 is 0 Å². The molecule has 2 aliphatic heterocycles. The van der Waals surface area contributed by atoms with Crippen LogP contribution in [0, 0.1) is 5.82 Å². The number of benzene rings is 2. The highest BCUT2D eigenvalue weighted by atomic mass is 32.2. The van der Waals surface area contributed by atoms with Crippen molar-refractivity contribution in [1.29, 1.82) is 0 Å². The van der Waals surface area contributed by atoms with E-state index in [0.717, 1.165) is 25.0 Å². The van der Waals surface area contributed by atoms with Crippen LogP contribution in [0.1, 0.15) is 28.8 Å². The monoisotopic (exact) mass is 427 g/mol. The number of likely N-dealkylation sites (tertiary alicyclic amines) is 1. The fourth-order valence-corrected chi connectivity index (χ4v) is 5.43. The van der Waals surface area contributed by atoms with Gasteiger partial charge >= 0.3 is 0 Å². The third-order valence-corrected chi connectivity index (χ3v) is 7.36. The first-order valence-corrected chi connectivity index (χ1v) is 11.3. The summed E-state index contributed by atoms with van der Waals surface area (Å²) in [4.78, 5) is 26.9. The largest absolute Gasteiger partial charge is 0.354 e. The van der Waals surface area contributed by atoms with Crippen molar-refractivity contribution in [2.45, 2.75) is 30.2 Å². The molecular formula is C23H26FN3O2S. The average Bonchev–Trinajstić information content (AvgIpc) is 3.19. The van der Waals surface area contributed by atoms with Gasteiger partial charge < -0.3 is 10.2 Å². The molecule has 2 N–H and O–H groups in total. The van der Waals surface area contributed by atoms with Gasteiger partial charge in [0, 0.05) is 31.0 Å². The van der Waals surface area contributed by atoms with E-state index in [2.05, 4.69) is 22.8 Å². The Kier molecular flexibility index (Phi) is 6.39. The predicted octanol–water partition coefficient (Wildman–Crippen LogP) is 2.82. The molecule has 2 saturated heterocycles. The number of hydrogen-bond donors (Lipinski definition) is 2. The van der Waals surface area contributed by atoms with Crippen molar-refractivity contribution in [3.8, 4) is 0 Å². The van der Waals surface area contributed by atoms with Crippen molar-refractivity contribution in [2.24, 2.45) is 0 Å². The van der Waals surface area contributed by atoms with Gasteiger partial charge in [-0.2, -0.15) is 0 Å². The lowest BCUT2D eigenvalue weighted by atomic mass is 10.0. The molecule has 4 rings (SSSR count). The Morgan fingerprint density at radius 1 is 1.10 bits per heavy atom. The lowest BCUT2D eigenvalue weighted by Crippen LogP contribution is -2.54. The molecule has 158 valence electrons. The summed E-state index contributed by atoms with van der Waals surface area (Å²) in [6.45, 7) is 1.87. The van der Waals surface area contributed by atoms with Gasteiger partial charge in [0.1, 0.15) is 5.82 Å². The fraction of sp³-hybridized carbons (Fsp3) is 0.391. The maximum Gasteiger partial charge on any atom is 0.253 e. The average molecular weight is 428 g/mol. The van der Waals surface area contributed by atoms with Crippen LogP contribution in [-0.2, 0) is 11.2 Å². The highest BCUT2D eigenvalue weighted by Crippen LogP contribution is 2.39. The SMILES string of the molecule is O=C(NCCc1ccccc1)C1CSC2(CCN(C(=O)c3ccc(F)cc3)CC2)N1. The van der Waals surface area contributed by atoms with Gasteiger partial charge in [-0.3, -0.25) is 14.9 Å². The molecule has 0 bridgehead atoms.